The summed E-state index contributed by atoms with van der Waals surface area (Å²) >= 11 is 0. The van der Waals surface area contributed by atoms with E-state index in [-0.39, 0.29) is 19.3 Å². The average Bonchev–Trinajstić information content (AvgIpc) is 2.73. The summed E-state index contributed by atoms with van der Waals surface area (Å²) in [7, 11) is 0. The number of benzene rings is 1. The number of rotatable bonds is 5. The molecule has 5 nitrogen and oxygen atoms in total. The van der Waals surface area contributed by atoms with Crippen molar-refractivity contribution < 1.29 is 18.7 Å². The number of carbonyl (C=O) groups excluding carboxylic acids is 1. The molecule has 1 aromatic heterocycles. The fraction of sp³-hybridized carbons (Fsp3) is 0.357. The van der Waals surface area contributed by atoms with Gasteiger partial charge < -0.3 is 19.6 Å². The number of para-hydroxylation sites is 1. The SMILES string of the molecule is CC(C)OC(=O)COc1c(CN)oc2ccccc12. The normalized spacial score (nSPS) is 10.9. The Morgan fingerprint density at radius 2 is 2.11 bits per heavy atom. The molecule has 0 saturated carbocycles. The molecule has 0 aliphatic rings. The highest BCUT2D eigenvalue weighted by Crippen LogP contribution is 2.32. The molecule has 1 heterocycles. The van der Waals surface area contributed by atoms with Gasteiger partial charge in [-0.2, -0.15) is 0 Å². The summed E-state index contributed by atoms with van der Waals surface area (Å²) in [5.74, 6) is 0.626. The summed E-state index contributed by atoms with van der Waals surface area (Å²) in [5, 5.41) is 0.806. The van der Waals surface area contributed by atoms with Crippen molar-refractivity contribution in [1.82, 2.24) is 0 Å². The topological polar surface area (TPSA) is 74.7 Å². The van der Waals surface area contributed by atoms with E-state index in [0.717, 1.165) is 5.39 Å². The lowest BCUT2D eigenvalue weighted by atomic mass is 10.2. The third kappa shape index (κ3) is 3.06. The Morgan fingerprint density at radius 3 is 2.79 bits per heavy atom. The Morgan fingerprint density at radius 1 is 1.37 bits per heavy atom. The molecule has 102 valence electrons. The van der Waals surface area contributed by atoms with E-state index < -0.39 is 5.97 Å². The number of nitrogens with two attached hydrogens (primary N) is 1. The molecule has 0 radical (unpaired) electrons. The first-order chi connectivity index (χ1) is 9.11. The number of fused-ring (bicyclic) bond motifs is 1. The van der Waals surface area contributed by atoms with E-state index in [1.807, 2.05) is 24.3 Å². The second-order valence-electron chi connectivity index (χ2n) is 4.38. The number of esters is 1. The molecule has 5 heteroatoms. The van der Waals surface area contributed by atoms with Crippen molar-refractivity contribution in [2.45, 2.75) is 26.5 Å². The largest absolute Gasteiger partial charge is 0.478 e. The maximum absolute atomic E-state index is 11.5. The summed E-state index contributed by atoms with van der Waals surface area (Å²) in [4.78, 5) is 11.5. The van der Waals surface area contributed by atoms with Gasteiger partial charge in [0.15, 0.2) is 18.1 Å². The van der Waals surface area contributed by atoms with Crippen molar-refractivity contribution in [2.24, 2.45) is 5.73 Å². The summed E-state index contributed by atoms with van der Waals surface area (Å²) in [6.45, 7) is 3.63. The highest BCUT2D eigenvalue weighted by molar-refractivity contribution is 5.85. The molecule has 0 fully saturated rings. The van der Waals surface area contributed by atoms with Crippen molar-refractivity contribution in [3.8, 4) is 5.75 Å². The van der Waals surface area contributed by atoms with Crippen LogP contribution in [0.5, 0.6) is 5.75 Å². The molecule has 0 amide bonds. The number of furan rings is 1. The van der Waals surface area contributed by atoms with Crippen LogP contribution in [0.2, 0.25) is 0 Å². The first kappa shape index (κ1) is 13.4. The van der Waals surface area contributed by atoms with Gasteiger partial charge in [-0.1, -0.05) is 12.1 Å². The maximum atomic E-state index is 11.5. The van der Waals surface area contributed by atoms with Crippen LogP contribution in [-0.4, -0.2) is 18.7 Å². The molecule has 0 saturated heterocycles. The summed E-state index contributed by atoms with van der Waals surface area (Å²) in [6.07, 6.45) is -0.161. The molecule has 1 aromatic carbocycles. The van der Waals surface area contributed by atoms with Gasteiger partial charge in [-0.05, 0) is 26.0 Å². The number of hydrogen-bond acceptors (Lipinski definition) is 5. The Bertz CT molecular complexity index is 574. The fourth-order valence-corrected chi connectivity index (χ4v) is 1.79. The quantitative estimate of drug-likeness (QED) is 0.837. The van der Waals surface area contributed by atoms with Crippen LogP contribution in [0.25, 0.3) is 11.0 Å². The zero-order valence-corrected chi connectivity index (χ0v) is 11.0. The molecule has 0 unspecified atom stereocenters. The molecule has 0 bridgehead atoms. The highest BCUT2D eigenvalue weighted by Gasteiger charge is 2.16. The Labute approximate surface area is 111 Å². The predicted octanol–water partition coefficient (Wildman–Crippen LogP) is 2.22. The van der Waals surface area contributed by atoms with Crippen molar-refractivity contribution in [1.29, 1.82) is 0 Å². The lowest BCUT2D eigenvalue weighted by Crippen LogP contribution is -2.19. The van der Waals surface area contributed by atoms with Gasteiger partial charge in [0.25, 0.3) is 0 Å². The smallest absolute Gasteiger partial charge is 0.344 e. The maximum Gasteiger partial charge on any atom is 0.344 e. The van der Waals surface area contributed by atoms with Gasteiger partial charge in [-0.25, -0.2) is 4.79 Å². The lowest BCUT2D eigenvalue weighted by Gasteiger charge is -2.09. The van der Waals surface area contributed by atoms with Gasteiger partial charge >= 0.3 is 5.97 Å². The molecule has 0 aliphatic heterocycles. The minimum atomic E-state index is -0.414. The Kier molecular flexibility index (Phi) is 4.06. The summed E-state index contributed by atoms with van der Waals surface area (Å²) < 4.78 is 16.1. The fourth-order valence-electron chi connectivity index (χ4n) is 1.79. The van der Waals surface area contributed by atoms with Crippen LogP contribution >= 0.6 is 0 Å². The first-order valence-corrected chi connectivity index (χ1v) is 6.14. The van der Waals surface area contributed by atoms with Crippen molar-refractivity contribution in [3.05, 3.63) is 30.0 Å². The van der Waals surface area contributed by atoms with E-state index in [4.69, 9.17) is 19.6 Å². The third-order valence-electron chi connectivity index (χ3n) is 2.50. The molecule has 0 atom stereocenters. The van der Waals surface area contributed by atoms with E-state index >= 15 is 0 Å². The van der Waals surface area contributed by atoms with Crippen LogP contribution in [0, 0.1) is 0 Å². The minimum Gasteiger partial charge on any atom is -0.478 e. The second kappa shape index (κ2) is 5.75. The molecule has 19 heavy (non-hydrogen) atoms. The van der Waals surface area contributed by atoms with Crippen LogP contribution in [0.1, 0.15) is 19.6 Å². The van der Waals surface area contributed by atoms with E-state index in [0.29, 0.717) is 17.1 Å². The number of hydrogen-bond donors (Lipinski definition) is 1. The minimum absolute atomic E-state index is 0.158. The standard InChI is InChI=1S/C14H17NO4/c1-9(2)18-13(16)8-17-14-10-5-3-4-6-11(10)19-12(14)7-15/h3-6,9H,7-8,15H2,1-2H3. The zero-order valence-electron chi connectivity index (χ0n) is 11.0. The van der Waals surface area contributed by atoms with E-state index in [1.54, 1.807) is 13.8 Å². The lowest BCUT2D eigenvalue weighted by molar-refractivity contribution is -0.149. The van der Waals surface area contributed by atoms with Gasteiger partial charge in [0, 0.05) is 0 Å². The van der Waals surface area contributed by atoms with Crippen molar-refractivity contribution in [3.63, 3.8) is 0 Å². The van der Waals surface area contributed by atoms with Crippen LogP contribution in [0.4, 0.5) is 0 Å². The summed E-state index contributed by atoms with van der Waals surface area (Å²) in [6, 6.07) is 7.43. The average molecular weight is 263 g/mol. The molecule has 0 spiro atoms. The molecule has 2 rings (SSSR count). The third-order valence-corrected chi connectivity index (χ3v) is 2.50. The summed E-state index contributed by atoms with van der Waals surface area (Å²) in [5.41, 5.74) is 6.30. The van der Waals surface area contributed by atoms with Crippen molar-refractivity contribution >= 4 is 16.9 Å². The van der Waals surface area contributed by atoms with Gasteiger partial charge in [0.1, 0.15) is 5.58 Å². The van der Waals surface area contributed by atoms with Gasteiger partial charge in [-0.3, -0.25) is 0 Å². The monoisotopic (exact) mass is 263 g/mol. The Balaban J connectivity index is 2.17. The van der Waals surface area contributed by atoms with E-state index in [1.165, 1.54) is 0 Å². The molecule has 2 aromatic rings. The van der Waals surface area contributed by atoms with Crippen LogP contribution in [0.3, 0.4) is 0 Å². The Hall–Kier alpha value is -2.01. The molecular formula is C14H17NO4. The molecule has 0 aliphatic carbocycles. The number of ether oxygens (including phenoxy) is 2. The highest BCUT2D eigenvalue weighted by atomic mass is 16.6. The van der Waals surface area contributed by atoms with Gasteiger partial charge in [-0.15, -0.1) is 0 Å². The second-order valence-corrected chi connectivity index (χ2v) is 4.38. The first-order valence-electron chi connectivity index (χ1n) is 6.14. The predicted molar refractivity (Wildman–Crippen MR) is 70.8 cm³/mol. The van der Waals surface area contributed by atoms with Crippen LogP contribution in [0.15, 0.2) is 28.7 Å². The van der Waals surface area contributed by atoms with Crippen LogP contribution < -0.4 is 10.5 Å². The molecule has 2 N–H and O–H groups in total. The van der Waals surface area contributed by atoms with Gasteiger partial charge in [0.2, 0.25) is 0 Å². The van der Waals surface area contributed by atoms with Crippen molar-refractivity contribution in [2.75, 3.05) is 6.61 Å². The number of carbonyl (C=O) groups is 1. The van der Waals surface area contributed by atoms with E-state index in [2.05, 4.69) is 0 Å². The zero-order chi connectivity index (χ0) is 13.8. The van der Waals surface area contributed by atoms with Crippen LogP contribution in [-0.2, 0) is 16.1 Å². The van der Waals surface area contributed by atoms with E-state index in [9.17, 15) is 4.79 Å². The molecular weight excluding hydrogens is 246 g/mol. The van der Waals surface area contributed by atoms with Gasteiger partial charge in [0.05, 0.1) is 18.0 Å².